The van der Waals surface area contributed by atoms with Crippen molar-refractivity contribution in [1.29, 1.82) is 0 Å². The Morgan fingerprint density at radius 2 is 1.75 bits per heavy atom. The van der Waals surface area contributed by atoms with Gasteiger partial charge in [-0.2, -0.15) is 0 Å². The average molecular weight is 377 g/mol. The lowest BCUT2D eigenvalue weighted by Gasteiger charge is -2.18. The number of hydrogen-bond donors (Lipinski definition) is 3. The Balaban J connectivity index is 1.65. The zero-order valence-corrected chi connectivity index (χ0v) is 15.8. The lowest BCUT2D eigenvalue weighted by Crippen LogP contribution is -2.28. The number of anilines is 2. The first kappa shape index (κ1) is 19.4. The summed E-state index contributed by atoms with van der Waals surface area (Å²) in [6.07, 6.45) is 0.794. The fourth-order valence-corrected chi connectivity index (χ4v) is 3.01. The molecule has 0 aliphatic heterocycles. The predicted molar refractivity (Wildman–Crippen MR) is 112 cm³/mol. The van der Waals surface area contributed by atoms with E-state index < -0.39 is 0 Å². The summed E-state index contributed by atoms with van der Waals surface area (Å²) >= 11 is 0. The van der Waals surface area contributed by atoms with Crippen LogP contribution in [0, 0.1) is 5.82 Å². The minimum Gasteiger partial charge on any atom is -0.397 e. The van der Waals surface area contributed by atoms with Gasteiger partial charge in [0.2, 0.25) is 0 Å². The van der Waals surface area contributed by atoms with E-state index in [1.54, 1.807) is 30.3 Å². The third-order valence-corrected chi connectivity index (χ3v) is 4.63. The highest BCUT2D eigenvalue weighted by Crippen LogP contribution is 2.22. The molecule has 0 aliphatic carbocycles. The van der Waals surface area contributed by atoms with Gasteiger partial charge in [0, 0.05) is 12.1 Å². The molecule has 5 heteroatoms. The molecule has 28 heavy (non-hydrogen) atoms. The Morgan fingerprint density at radius 1 is 1.04 bits per heavy atom. The second-order valence-electron chi connectivity index (χ2n) is 6.63. The molecule has 0 fully saturated rings. The van der Waals surface area contributed by atoms with Crippen LogP contribution < -0.4 is 16.4 Å². The van der Waals surface area contributed by atoms with Crippen LogP contribution in [0.25, 0.3) is 0 Å². The van der Waals surface area contributed by atoms with Crippen LogP contribution >= 0.6 is 0 Å². The molecule has 3 aromatic carbocycles. The van der Waals surface area contributed by atoms with Crippen molar-refractivity contribution in [2.75, 3.05) is 11.1 Å². The van der Waals surface area contributed by atoms with Crippen LogP contribution in [0.3, 0.4) is 0 Å². The quantitative estimate of drug-likeness (QED) is 0.513. The molecule has 1 unspecified atom stereocenters. The third-order valence-electron chi connectivity index (χ3n) is 4.63. The fourth-order valence-electron chi connectivity index (χ4n) is 3.01. The highest BCUT2D eigenvalue weighted by molar-refractivity contribution is 5.96. The summed E-state index contributed by atoms with van der Waals surface area (Å²) in [5.74, 6) is -0.424. The van der Waals surface area contributed by atoms with Crippen LogP contribution in [0.1, 0.15) is 40.9 Å². The van der Waals surface area contributed by atoms with Crippen LogP contribution in [0.2, 0.25) is 0 Å². The molecule has 144 valence electrons. The molecule has 4 nitrogen and oxygen atoms in total. The predicted octanol–water partition coefficient (Wildman–Crippen LogP) is 4.90. The van der Waals surface area contributed by atoms with E-state index in [-0.39, 0.29) is 17.8 Å². The third kappa shape index (κ3) is 4.88. The molecule has 1 amide bonds. The smallest absolute Gasteiger partial charge is 0.251 e. The van der Waals surface area contributed by atoms with Crippen molar-refractivity contribution in [3.05, 3.63) is 95.3 Å². The van der Waals surface area contributed by atoms with E-state index >= 15 is 0 Å². The standard InChI is InChI=1S/C23H24FN3O/c1-2-21(17-6-4-3-5-7-17)27-23(28)18-10-13-22(20(25)14-18)26-15-16-8-11-19(24)12-9-16/h3-14,21,26H,2,15,25H2,1H3,(H,27,28). The monoisotopic (exact) mass is 377 g/mol. The lowest BCUT2D eigenvalue weighted by molar-refractivity contribution is 0.0935. The Labute approximate surface area is 164 Å². The maximum Gasteiger partial charge on any atom is 0.251 e. The van der Waals surface area contributed by atoms with Crippen LogP contribution in [-0.4, -0.2) is 5.91 Å². The van der Waals surface area contributed by atoms with Crippen LogP contribution in [0.4, 0.5) is 15.8 Å². The second-order valence-corrected chi connectivity index (χ2v) is 6.63. The van der Waals surface area contributed by atoms with E-state index in [4.69, 9.17) is 5.73 Å². The normalized spacial score (nSPS) is 11.6. The largest absolute Gasteiger partial charge is 0.397 e. The van der Waals surface area contributed by atoms with Crippen molar-refractivity contribution in [3.63, 3.8) is 0 Å². The van der Waals surface area contributed by atoms with Crippen molar-refractivity contribution in [3.8, 4) is 0 Å². The zero-order chi connectivity index (χ0) is 19.9. The molecule has 0 radical (unpaired) electrons. The van der Waals surface area contributed by atoms with E-state index in [0.717, 1.165) is 23.2 Å². The topological polar surface area (TPSA) is 67.2 Å². The summed E-state index contributed by atoms with van der Waals surface area (Å²) < 4.78 is 13.0. The second kappa shape index (κ2) is 9.04. The molecule has 1 atom stereocenters. The molecule has 3 rings (SSSR count). The first-order valence-electron chi connectivity index (χ1n) is 9.30. The van der Waals surface area contributed by atoms with Gasteiger partial charge in [0.25, 0.3) is 5.91 Å². The van der Waals surface area contributed by atoms with Gasteiger partial charge in [-0.05, 0) is 47.9 Å². The number of carbonyl (C=O) groups excluding carboxylic acids is 1. The SMILES string of the molecule is CCC(NC(=O)c1ccc(NCc2ccc(F)cc2)c(N)c1)c1ccccc1. The van der Waals surface area contributed by atoms with Gasteiger partial charge in [-0.3, -0.25) is 4.79 Å². The van der Waals surface area contributed by atoms with Crippen molar-refractivity contribution in [2.45, 2.75) is 25.9 Å². The summed E-state index contributed by atoms with van der Waals surface area (Å²) in [6.45, 7) is 2.55. The van der Waals surface area contributed by atoms with Gasteiger partial charge in [0.1, 0.15) is 5.82 Å². The molecule has 0 saturated heterocycles. The van der Waals surface area contributed by atoms with Crippen molar-refractivity contribution in [1.82, 2.24) is 5.32 Å². The first-order valence-corrected chi connectivity index (χ1v) is 9.30. The summed E-state index contributed by atoms with van der Waals surface area (Å²) in [5.41, 5.74) is 9.87. The molecule has 4 N–H and O–H groups in total. The minimum absolute atomic E-state index is 0.0498. The molecule has 0 aromatic heterocycles. The number of hydrogen-bond acceptors (Lipinski definition) is 3. The van der Waals surface area contributed by atoms with E-state index in [2.05, 4.69) is 10.6 Å². The number of benzene rings is 3. The highest BCUT2D eigenvalue weighted by Gasteiger charge is 2.14. The molecule has 0 saturated carbocycles. The number of carbonyl (C=O) groups is 1. The van der Waals surface area contributed by atoms with Gasteiger partial charge in [-0.1, -0.05) is 49.4 Å². The minimum atomic E-state index is -0.264. The van der Waals surface area contributed by atoms with Crippen LogP contribution in [-0.2, 0) is 6.54 Å². The van der Waals surface area contributed by atoms with Crippen LogP contribution in [0.15, 0.2) is 72.8 Å². The van der Waals surface area contributed by atoms with Crippen LogP contribution in [0.5, 0.6) is 0 Å². The Kier molecular flexibility index (Phi) is 6.27. The maximum absolute atomic E-state index is 13.0. The fraction of sp³-hybridized carbons (Fsp3) is 0.174. The van der Waals surface area contributed by atoms with Gasteiger partial charge < -0.3 is 16.4 Å². The van der Waals surface area contributed by atoms with Gasteiger partial charge in [-0.15, -0.1) is 0 Å². The highest BCUT2D eigenvalue weighted by atomic mass is 19.1. The van der Waals surface area contributed by atoms with Gasteiger partial charge in [0.05, 0.1) is 17.4 Å². The molecule has 0 spiro atoms. The van der Waals surface area contributed by atoms with Gasteiger partial charge in [-0.25, -0.2) is 4.39 Å². The molecular formula is C23H24FN3O. The van der Waals surface area contributed by atoms with Gasteiger partial charge >= 0.3 is 0 Å². The Bertz CT molecular complexity index is 926. The summed E-state index contributed by atoms with van der Waals surface area (Å²) in [6, 6.07) is 21.3. The number of nitrogens with one attached hydrogen (secondary N) is 2. The zero-order valence-electron chi connectivity index (χ0n) is 15.8. The van der Waals surface area contributed by atoms with Crippen molar-refractivity contribution >= 4 is 17.3 Å². The van der Waals surface area contributed by atoms with E-state index in [1.807, 2.05) is 37.3 Å². The lowest BCUT2D eigenvalue weighted by atomic mass is 10.0. The van der Waals surface area contributed by atoms with Gasteiger partial charge in [0.15, 0.2) is 0 Å². The number of halogens is 1. The molecule has 0 bridgehead atoms. The molecule has 3 aromatic rings. The summed E-state index contributed by atoms with van der Waals surface area (Å²) in [7, 11) is 0. The number of nitrogens with two attached hydrogens (primary N) is 1. The maximum atomic E-state index is 13.0. The van der Waals surface area contributed by atoms with E-state index in [0.29, 0.717) is 17.8 Å². The summed E-state index contributed by atoms with van der Waals surface area (Å²) in [5, 5.41) is 6.27. The van der Waals surface area contributed by atoms with E-state index in [1.165, 1.54) is 12.1 Å². The van der Waals surface area contributed by atoms with Crippen molar-refractivity contribution < 1.29 is 9.18 Å². The number of amides is 1. The van der Waals surface area contributed by atoms with E-state index in [9.17, 15) is 9.18 Å². The molecule has 0 aliphatic rings. The molecule has 0 heterocycles. The Morgan fingerprint density at radius 3 is 2.39 bits per heavy atom. The number of rotatable bonds is 7. The Hall–Kier alpha value is -3.34. The average Bonchev–Trinajstić information content (AvgIpc) is 2.72. The number of nitrogen functional groups attached to an aromatic ring is 1. The molecular weight excluding hydrogens is 353 g/mol. The summed E-state index contributed by atoms with van der Waals surface area (Å²) in [4.78, 5) is 12.6. The first-order chi connectivity index (χ1) is 13.6. The van der Waals surface area contributed by atoms with Crippen molar-refractivity contribution in [2.24, 2.45) is 0 Å².